The van der Waals surface area contributed by atoms with Gasteiger partial charge >= 0.3 is 6.71 Å². The summed E-state index contributed by atoms with van der Waals surface area (Å²) in [5, 5.41) is 4.97. The molecule has 3 nitrogen and oxygen atoms in total. The number of nitrogens with zero attached hydrogens (tertiary/aromatic N) is 2. The Balaban J connectivity index is 1.29. The molecule has 0 radical (unpaired) electrons. The molecule has 0 fully saturated rings. The molecule has 6 aromatic carbocycles. The first-order chi connectivity index (χ1) is 22.8. The molecule has 46 heavy (non-hydrogen) atoms. The van der Waals surface area contributed by atoms with E-state index in [1.807, 2.05) is 22.7 Å². The van der Waals surface area contributed by atoms with Crippen molar-refractivity contribution in [3.05, 3.63) is 140 Å². The van der Waals surface area contributed by atoms with Crippen LogP contribution in [-0.4, -0.2) is 6.71 Å². The molecule has 0 bridgehead atoms. The lowest BCUT2D eigenvalue weighted by Gasteiger charge is -2.41. The van der Waals surface area contributed by atoms with Gasteiger partial charge in [0, 0.05) is 63.2 Å². The van der Waals surface area contributed by atoms with Crippen LogP contribution in [0, 0.1) is 0 Å². The molecule has 3 aromatic heterocycles. The minimum Gasteiger partial charge on any atom is -0.468 e. The lowest BCUT2D eigenvalue weighted by Crippen LogP contribution is -2.60. The largest absolute Gasteiger partial charge is 0.468 e. The van der Waals surface area contributed by atoms with Gasteiger partial charge in [-0.25, -0.2) is 0 Å². The van der Waals surface area contributed by atoms with Crippen molar-refractivity contribution < 1.29 is 4.42 Å². The van der Waals surface area contributed by atoms with Crippen molar-refractivity contribution in [2.75, 3.05) is 9.80 Å². The average molecular weight is 623 g/mol. The molecule has 0 N–H and O–H groups in total. The summed E-state index contributed by atoms with van der Waals surface area (Å²) in [6.07, 6.45) is 0. The zero-order valence-corrected chi connectivity index (χ0v) is 26.1. The van der Waals surface area contributed by atoms with E-state index in [1.54, 1.807) is 0 Å². The molecule has 0 atom stereocenters. The van der Waals surface area contributed by atoms with Gasteiger partial charge in [0.1, 0.15) is 11.2 Å². The summed E-state index contributed by atoms with van der Waals surface area (Å²) >= 11 is 3.75. The maximum atomic E-state index is 7.16. The summed E-state index contributed by atoms with van der Waals surface area (Å²) in [5.41, 5.74) is 10.3. The second-order valence-electron chi connectivity index (χ2n) is 12.1. The summed E-state index contributed by atoms with van der Waals surface area (Å²) in [4.78, 5) is 4.92. The predicted octanol–water partition coefficient (Wildman–Crippen LogP) is 10.1. The zero-order chi connectivity index (χ0) is 29.9. The van der Waals surface area contributed by atoms with E-state index in [-0.39, 0.29) is 6.71 Å². The first kappa shape index (κ1) is 25.0. The molecule has 0 saturated heterocycles. The first-order valence-corrected chi connectivity index (χ1v) is 17.2. The Morgan fingerprint density at radius 1 is 0.478 bits per heavy atom. The van der Waals surface area contributed by atoms with Crippen molar-refractivity contribution >= 4 is 121 Å². The zero-order valence-electron chi connectivity index (χ0n) is 24.5. The van der Waals surface area contributed by atoms with E-state index in [0.29, 0.717) is 0 Å². The number of hydrogen-bond acceptors (Lipinski definition) is 5. The highest BCUT2D eigenvalue weighted by Gasteiger charge is 2.48. The molecule has 0 saturated carbocycles. The maximum Gasteiger partial charge on any atom is 0.309 e. The standard InChI is InChI=1S/C40H23BN2OS2/c1-3-12-24(13-4-1)42-30-18-11-19-31-36(30)41(40-38(27-17-8-10-21-34(27)46-40)43(31)25-14-5-2-6-15-25)39-37(42)29-23-35-28(22-32(29)44-39)26-16-7-9-20-33(26)45-35/h1-23H. The number of rotatable bonds is 2. The van der Waals surface area contributed by atoms with Crippen LogP contribution in [0.5, 0.6) is 0 Å². The summed E-state index contributed by atoms with van der Waals surface area (Å²) < 4.78 is 12.4. The summed E-state index contributed by atoms with van der Waals surface area (Å²) in [6.45, 7) is -0.0318. The normalized spacial score (nSPS) is 13.5. The van der Waals surface area contributed by atoms with E-state index in [2.05, 4.69) is 149 Å². The number of thiophene rings is 2. The monoisotopic (exact) mass is 622 g/mol. The van der Waals surface area contributed by atoms with Crippen molar-refractivity contribution in [1.29, 1.82) is 0 Å². The van der Waals surface area contributed by atoms with Gasteiger partial charge in [-0.15, -0.1) is 22.7 Å². The number of para-hydroxylation sites is 2. The Hall–Kier alpha value is -5.30. The predicted molar refractivity (Wildman–Crippen MR) is 199 cm³/mol. The van der Waals surface area contributed by atoms with Gasteiger partial charge in [-0.3, -0.25) is 0 Å². The van der Waals surface area contributed by atoms with E-state index in [0.717, 1.165) is 33.7 Å². The van der Waals surface area contributed by atoms with Gasteiger partial charge in [-0.1, -0.05) is 78.9 Å². The van der Waals surface area contributed by atoms with Crippen molar-refractivity contribution in [2.24, 2.45) is 0 Å². The Morgan fingerprint density at radius 2 is 1.09 bits per heavy atom. The SMILES string of the molecule is c1ccc(N2c3cccc4c3B(c3oc5cc6c(cc5c32)sc2ccccc26)c2sc3ccccc3c2N4c2ccccc2)cc1. The second-order valence-corrected chi connectivity index (χ2v) is 14.2. The number of hydrogen-bond donors (Lipinski definition) is 0. The lowest BCUT2D eigenvalue weighted by molar-refractivity contribution is 0.652. The highest BCUT2D eigenvalue weighted by Crippen LogP contribution is 2.50. The van der Waals surface area contributed by atoms with Crippen molar-refractivity contribution in [2.45, 2.75) is 0 Å². The van der Waals surface area contributed by atoms with E-state index in [9.17, 15) is 0 Å². The van der Waals surface area contributed by atoms with Crippen LogP contribution in [0.1, 0.15) is 0 Å². The van der Waals surface area contributed by atoms with Gasteiger partial charge in [-0.05, 0) is 66.1 Å². The van der Waals surface area contributed by atoms with Crippen molar-refractivity contribution in [3.63, 3.8) is 0 Å². The Labute approximate surface area is 273 Å². The molecule has 6 heteroatoms. The summed E-state index contributed by atoms with van der Waals surface area (Å²) in [5.74, 6) is 0. The van der Waals surface area contributed by atoms with Crippen LogP contribution in [0.2, 0.25) is 0 Å². The van der Waals surface area contributed by atoms with Crippen LogP contribution < -0.4 is 25.7 Å². The van der Waals surface area contributed by atoms with Crippen molar-refractivity contribution in [3.8, 4) is 0 Å². The van der Waals surface area contributed by atoms with Crippen LogP contribution in [-0.2, 0) is 0 Å². The molecule has 9 aromatic rings. The third kappa shape index (κ3) is 3.22. The molecule has 2 aliphatic heterocycles. The van der Waals surface area contributed by atoms with Crippen LogP contribution in [0.15, 0.2) is 144 Å². The first-order valence-electron chi connectivity index (χ1n) is 15.6. The van der Waals surface area contributed by atoms with E-state index in [4.69, 9.17) is 4.42 Å². The number of anilines is 6. The van der Waals surface area contributed by atoms with Crippen molar-refractivity contribution in [1.82, 2.24) is 0 Å². The third-order valence-electron chi connectivity index (χ3n) is 9.61. The quantitative estimate of drug-likeness (QED) is 0.179. The molecule has 2 aliphatic rings. The van der Waals surface area contributed by atoms with Gasteiger partial charge in [0.05, 0.1) is 11.4 Å². The molecule has 5 heterocycles. The fourth-order valence-electron chi connectivity index (χ4n) is 7.76. The fraction of sp³-hybridized carbons (Fsp3) is 0. The molecule has 0 spiro atoms. The van der Waals surface area contributed by atoms with Crippen LogP contribution in [0.3, 0.4) is 0 Å². The maximum absolute atomic E-state index is 7.16. The molecular formula is C40H23BN2OS2. The Kier molecular flexibility index (Phi) is 4.96. The minimum atomic E-state index is -0.0318. The number of benzene rings is 6. The minimum absolute atomic E-state index is 0.0318. The van der Waals surface area contributed by atoms with Gasteiger partial charge in [0.15, 0.2) is 0 Å². The van der Waals surface area contributed by atoms with Gasteiger partial charge in [-0.2, -0.15) is 0 Å². The molecule has 11 rings (SSSR count). The third-order valence-corrected chi connectivity index (χ3v) is 12.0. The molecule has 0 amide bonds. The van der Waals surface area contributed by atoms with Gasteiger partial charge in [0.2, 0.25) is 0 Å². The van der Waals surface area contributed by atoms with Crippen LogP contribution in [0.25, 0.3) is 41.2 Å². The molecular weight excluding hydrogens is 599 g/mol. The molecule has 214 valence electrons. The second kappa shape index (κ2) is 9.13. The summed E-state index contributed by atoms with van der Waals surface area (Å²) in [7, 11) is 0. The van der Waals surface area contributed by atoms with Crippen LogP contribution in [0.4, 0.5) is 34.1 Å². The molecule has 0 aliphatic carbocycles. The Bertz CT molecular complexity index is 2670. The smallest absolute Gasteiger partial charge is 0.309 e. The van der Waals surface area contributed by atoms with Crippen LogP contribution >= 0.6 is 22.7 Å². The highest BCUT2D eigenvalue weighted by atomic mass is 32.1. The van der Waals surface area contributed by atoms with E-state index >= 15 is 0 Å². The van der Waals surface area contributed by atoms with E-state index in [1.165, 1.54) is 57.6 Å². The van der Waals surface area contributed by atoms with E-state index < -0.39 is 0 Å². The highest BCUT2D eigenvalue weighted by molar-refractivity contribution is 7.33. The number of furan rings is 1. The van der Waals surface area contributed by atoms with Gasteiger partial charge in [0.25, 0.3) is 0 Å². The number of fused-ring (bicyclic) bond motifs is 11. The molecule has 0 unspecified atom stereocenters. The van der Waals surface area contributed by atoms with Gasteiger partial charge < -0.3 is 14.2 Å². The fourth-order valence-corrected chi connectivity index (χ4v) is 10.2. The Morgan fingerprint density at radius 3 is 1.80 bits per heavy atom. The summed E-state index contributed by atoms with van der Waals surface area (Å²) in [6, 6.07) is 50.5. The topological polar surface area (TPSA) is 19.6 Å². The average Bonchev–Trinajstić information content (AvgIpc) is 3.79. The lowest BCUT2D eigenvalue weighted by atomic mass is 9.38.